The molecule has 1 aliphatic carbocycles. The van der Waals surface area contributed by atoms with E-state index in [1.165, 1.54) is 5.56 Å². The summed E-state index contributed by atoms with van der Waals surface area (Å²) < 4.78 is 0. The first-order chi connectivity index (χ1) is 7.18. The molecule has 3 rings (SSSR count). The van der Waals surface area contributed by atoms with E-state index in [4.69, 9.17) is 5.73 Å². The third-order valence-electron chi connectivity index (χ3n) is 3.52. The lowest BCUT2D eigenvalue weighted by Gasteiger charge is -2.19. The topological polar surface area (TPSA) is 46.3 Å². The van der Waals surface area contributed by atoms with E-state index < -0.39 is 0 Å². The molecule has 1 saturated carbocycles. The van der Waals surface area contributed by atoms with Crippen molar-refractivity contribution in [3.05, 3.63) is 29.8 Å². The molecule has 1 saturated heterocycles. The van der Waals surface area contributed by atoms with E-state index >= 15 is 0 Å². The van der Waals surface area contributed by atoms with Crippen molar-refractivity contribution in [2.75, 3.05) is 11.4 Å². The number of carbonyl (C=O) groups is 1. The highest BCUT2D eigenvalue weighted by atomic mass is 16.2. The SMILES string of the molecule is Cc1ccc(N2CC3C(N)C3C2=O)cc1. The molecule has 1 heterocycles. The van der Waals surface area contributed by atoms with Gasteiger partial charge in [-0.15, -0.1) is 0 Å². The number of anilines is 1. The Morgan fingerprint density at radius 1 is 1.33 bits per heavy atom. The molecule has 3 heteroatoms. The van der Waals surface area contributed by atoms with Crippen LogP contribution in [-0.4, -0.2) is 18.5 Å². The zero-order valence-corrected chi connectivity index (χ0v) is 8.68. The average molecular weight is 202 g/mol. The number of hydrogen-bond donors (Lipinski definition) is 1. The van der Waals surface area contributed by atoms with Gasteiger partial charge in [-0.05, 0) is 19.1 Å². The number of benzene rings is 1. The second-order valence-corrected chi connectivity index (χ2v) is 4.55. The van der Waals surface area contributed by atoms with Crippen molar-refractivity contribution >= 4 is 11.6 Å². The van der Waals surface area contributed by atoms with Crippen molar-refractivity contribution in [1.82, 2.24) is 0 Å². The third kappa shape index (κ3) is 1.20. The standard InChI is InChI=1S/C12H14N2O/c1-7-2-4-8(5-3-7)14-6-9-10(11(9)13)12(14)15/h2-5,9-11H,6,13H2,1H3. The molecule has 15 heavy (non-hydrogen) atoms. The fourth-order valence-electron chi connectivity index (χ4n) is 2.42. The van der Waals surface area contributed by atoms with Gasteiger partial charge in [-0.25, -0.2) is 0 Å². The van der Waals surface area contributed by atoms with Gasteiger partial charge in [0.1, 0.15) is 0 Å². The van der Waals surface area contributed by atoms with Crippen LogP contribution >= 0.6 is 0 Å². The number of fused-ring (bicyclic) bond motifs is 1. The first-order valence-electron chi connectivity index (χ1n) is 5.32. The monoisotopic (exact) mass is 202 g/mol. The number of rotatable bonds is 1. The highest BCUT2D eigenvalue weighted by Crippen LogP contribution is 2.46. The highest BCUT2D eigenvalue weighted by Gasteiger charge is 2.60. The van der Waals surface area contributed by atoms with Crippen LogP contribution in [0, 0.1) is 18.8 Å². The molecule has 0 radical (unpaired) electrons. The summed E-state index contributed by atoms with van der Waals surface area (Å²) in [6.45, 7) is 2.84. The quantitative estimate of drug-likeness (QED) is 0.736. The minimum absolute atomic E-state index is 0.103. The number of carbonyl (C=O) groups excluding carboxylic acids is 1. The molecular formula is C12H14N2O. The second-order valence-electron chi connectivity index (χ2n) is 4.55. The van der Waals surface area contributed by atoms with E-state index in [9.17, 15) is 4.79 Å². The van der Waals surface area contributed by atoms with Crippen LogP contribution in [0.15, 0.2) is 24.3 Å². The largest absolute Gasteiger partial charge is 0.327 e. The molecular weight excluding hydrogens is 188 g/mol. The summed E-state index contributed by atoms with van der Waals surface area (Å²) in [4.78, 5) is 13.7. The summed E-state index contributed by atoms with van der Waals surface area (Å²) in [5.74, 6) is 0.710. The van der Waals surface area contributed by atoms with Crippen LogP contribution in [0.25, 0.3) is 0 Å². The molecule has 78 valence electrons. The zero-order chi connectivity index (χ0) is 10.6. The predicted octanol–water partition coefficient (Wildman–Crippen LogP) is 0.915. The van der Waals surface area contributed by atoms with Gasteiger partial charge in [-0.3, -0.25) is 4.79 Å². The fraction of sp³-hybridized carbons (Fsp3) is 0.417. The van der Waals surface area contributed by atoms with E-state index in [0.29, 0.717) is 5.92 Å². The summed E-state index contributed by atoms with van der Waals surface area (Å²) in [6, 6.07) is 8.20. The van der Waals surface area contributed by atoms with E-state index in [0.717, 1.165) is 12.2 Å². The summed E-state index contributed by atoms with van der Waals surface area (Å²) in [6.07, 6.45) is 0. The van der Waals surface area contributed by atoms with Crippen LogP contribution in [-0.2, 0) is 4.79 Å². The predicted molar refractivity (Wildman–Crippen MR) is 58.5 cm³/mol. The lowest BCUT2D eigenvalue weighted by atomic mass is 10.2. The molecule has 0 bridgehead atoms. The lowest BCUT2D eigenvalue weighted by Crippen LogP contribution is -2.33. The Morgan fingerprint density at radius 2 is 2.00 bits per heavy atom. The Hall–Kier alpha value is -1.35. The second kappa shape index (κ2) is 2.83. The number of aryl methyl sites for hydroxylation is 1. The molecule has 1 aliphatic heterocycles. The van der Waals surface area contributed by atoms with Gasteiger partial charge in [0.05, 0.1) is 5.92 Å². The molecule has 1 amide bonds. The Bertz CT molecular complexity index is 412. The van der Waals surface area contributed by atoms with Crippen molar-refractivity contribution in [1.29, 1.82) is 0 Å². The van der Waals surface area contributed by atoms with Crippen molar-refractivity contribution in [3.8, 4) is 0 Å². The summed E-state index contributed by atoms with van der Waals surface area (Å²) in [5.41, 5.74) is 8.00. The number of nitrogens with two attached hydrogens (primary N) is 1. The van der Waals surface area contributed by atoms with E-state index in [1.54, 1.807) is 0 Å². The number of hydrogen-bond acceptors (Lipinski definition) is 2. The maximum atomic E-state index is 11.9. The zero-order valence-electron chi connectivity index (χ0n) is 8.68. The Balaban J connectivity index is 1.85. The summed E-state index contributed by atoms with van der Waals surface area (Å²) >= 11 is 0. The maximum Gasteiger partial charge on any atom is 0.232 e. The molecule has 1 aromatic carbocycles. The summed E-state index contributed by atoms with van der Waals surface area (Å²) in [7, 11) is 0. The van der Waals surface area contributed by atoms with Crippen LogP contribution in [0.4, 0.5) is 5.69 Å². The molecule has 2 fully saturated rings. The molecule has 3 unspecified atom stereocenters. The van der Waals surface area contributed by atoms with Gasteiger partial charge in [0, 0.05) is 24.2 Å². The molecule has 3 atom stereocenters. The fourth-order valence-corrected chi connectivity index (χ4v) is 2.42. The molecule has 0 spiro atoms. The lowest BCUT2D eigenvalue weighted by molar-refractivity contribution is -0.118. The molecule has 2 N–H and O–H groups in total. The van der Waals surface area contributed by atoms with Gasteiger partial charge < -0.3 is 10.6 Å². The van der Waals surface area contributed by atoms with Gasteiger partial charge in [-0.2, -0.15) is 0 Å². The van der Waals surface area contributed by atoms with Crippen LogP contribution < -0.4 is 10.6 Å². The van der Waals surface area contributed by atoms with E-state index in [2.05, 4.69) is 0 Å². The highest BCUT2D eigenvalue weighted by molar-refractivity contribution is 6.00. The molecule has 3 nitrogen and oxygen atoms in total. The van der Waals surface area contributed by atoms with Crippen molar-refractivity contribution < 1.29 is 4.79 Å². The van der Waals surface area contributed by atoms with Crippen LogP contribution in [0.3, 0.4) is 0 Å². The van der Waals surface area contributed by atoms with Gasteiger partial charge in [0.25, 0.3) is 0 Å². The minimum Gasteiger partial charge on any atom is -0.327 e. The Kier molecular flexibility index (Phi) is 1.68. The summed E-state index contributed by atoms with van der Waals surface area (Å²) in [5, 5.41) is 0. The van der Waals surface area contributed by atoms with Gasteiger partial charge in [0.2, 0.25) is 5.91 Å². The van der Waals surface area contributed by atoms with Crippen molar-refractivity contribution in [3.63, 3.8) is 0 Å². The van der Waals surface area contributed by atoms with Crippen LogP contribution in [0.5, 0.6) is 0 Å². The molecule has 0 aromatic heterocycles. The van der Waals surface area contributed by atoms with Gasteiger partial charge >= 0.3 is 0 Å². The average Bonchev–Trinajstić information content (AvgIpc) is 2.70. The number of amides is 1. The number of piperidine rings is 1. The maximum absolute atomic E-state index is 11.9. The van der Waals surface area contributed by atoms with Gasteiger partial charge in [-0.1, -0.05) is 17.7 Å². The third-order valence-corrected chi connectivity index (χ3v) is 3.52. The van der Waals surface area contributed by atoms with Gasteiger partial charge in [0.15, 0.2) is 0 Å². The van der Waals surface area contributed by atoms with Crippen molar-refractivity contribution in [2.45, 2.75) is 13.0 Å². The normalized spacial score (nSPS) is 33.1. The Labute approximate surface area is 88.9 Å². The van der Waals surface area contributed by atoms with Crippen LogP contribution in [0.1, 0.15) is 5.56 Å². The first kappa shape index (κ1) is 8.92. The number of nitrogens with zero attached hydrogens (tertiary/aromatic N) is 1. The first-order valence-corrected chi connectivity index (χ1v) is 5.32. The smallest absolute Gasteiger partial charge is 0.232 e. The van der Waals surface area contributed by atoms with Crippen molar-refractivity contribution in [2.24, 2.45) is 17.6 Å². The van der Waals surface area contributed by atoms with Crippen LogP contribution in [0.2, 0.25) is 0 Å². The molecule has 2 aliphatic rings. The minimum atomic E-state index is 0.103. The Morgan fingerprint density at radius 3 is 2.53 bits per heavy atom. The van der Waals surface area contributed by atoms with E-state index in [1.807, 2.05) is 36.1 Å². The van der Waals surface area contributed by atoms with E-state index in [-0.39, 0.29) is 17.9 Å². The molecule has 1 aromatic rings.